The van der Waals surface area contributed by atoms with E-state index in [0.29, 0.717) is 6.42 Å². The van der Waals surface area contributed by atoms with E-state index in [0.717, 1.165) is 11.3 Å². The van der Waals surface area contributed by atoms with Crippen molar-refractivity contribution in [2.45, 2.75) is 18.8 Å². The van der Waals surface area contributed by atoms with Crippen molar-refractivity contribution in [3.8, 4) is 5.75 Å². The summed E-state index contributed by atoms with van der Waals surface area (Å²) in [6.45, 7) is -0.000223. The highest BCUT2D eigenvalue weighted by molar-refractivity contribution is 5.35. The van der Waals surface area contributed by atoms with Gasteiger partial charge in [0.15, 0.2) is 6.29 Å². The molecular weight excluding hydrogens is 208 g/mol. The molecule has 3 unspecified atom stereocenters. The van der Waals surface area contributed by atoms with E-state index < -0.39 is 6.29 Å². The molecule has 0 aromatic heterocycles. The molecule has 2 N–H and O–H groups in total. The maximum atomic E-state index is 9.45. The number of para-hydroxylation sites is 1. The van der Waals surface area contributed by atoms with Crippen molar-refractivity contribution in [1.82, 2.24) is 0 Å². The number of aliphatic hydroxyl groups excluding tert-OH is 2. The number of ether oxygens (including phenoxy) is 2. The van der Waals surface area contributed by atoms with Gasteiger partial charge in [-0.25, -0.2) is 0 Å². The van der Waals surface area contributed by atoms with E-state index in [1.807, 2.05) is 24.3 Å². The van der Waals surface area contributed by atoms with E-state index in [4.69, 9.17) is 9.47 Å². The molecule has 1 aromatic carbocycles. The van der Waals surface area contributed by atoms with Gasteiger partial charge in [-0.3, -0.25) is 0 Å². The second kappa shape index (κ2) is 4.82. The van der Waals surface area contributed by atoms with Crippen LogP contribution in [-0.4, -0.2) is 30.2 Å². The fraction of sp³-hybridized carbons (Fsp3) is 0.500. The molecule has 0 saturated carbocycles. The lowest BCUT2D eigenvalue weighted by atomic mass is 9.95. The van der Waals surface area contributed by atoms with Crippen LogP contribution in [0.1, 0.15) is 18.1 Å². The zero-order valence-electron chi connectivity index (χ0n) is 9.17. The maximum Gasteiger partial charge on any atom is 0.155 e. The van der Waals surface area contributed by atoms with Gasteiger partial charge >= 0.3 is 0 Å². The minimum absolute atomic E-state index is 0.000223. The first-order chi connectivity index (χ1) is 7.76. The molecule has 1 aliphatic rings. The van der Waals surface area contributed by atoms with E-state index in [1.165, 1.54) is 0 Å². The summed E-state index contributed by atoms with van der Waals surface area (Å²) in [6, 6.07) is 7.50. The third kappa shape index (κ3) is 2.04. The van der Waals surface area contributed by atoms with E-state index in [2.05, 4.69) is 0 Å². The Labute approximate surface area is 94.4 Å². The second-order valence-electron chi connectivity index (χ2n) is 3.93. The first-order valence-electron chi connectivity index (χ1n) is 5.33. The van der Waals surface area contributed by atoms with Crippen molar-refractivity contribution in [2.24, 2.45) is 5.92 Å². The minimum Gasteiger partial charge on any atom is -0.496 e. The standard InChI is InChI=1S/C12H16O4/c1-15-10-5-3-2-4-9(10)12-8(7-13)6-11(14)16-12/h2-5,8,11-14H,6-7H2,1H3. The van der Waals surface area contributed by atoms with Crippen molar-refractivity contribution in [1.29, 1.82) is 0 Å². The van der Waals surface area contributed by atoms with Crippen LogP contribution in [0.2, 0.25) is 0 Å². The molecule has 16 heavy (non-hydrogen) atoms. The second-order valence-corrected chi connectivity index (χ2v) is 3.93. The van der Waals surface area contributed by atoms with Crippen LogP contribution in [0, 0.1) is 5.92 Å². The maximum absolute atomic E-state index is 9.45. The lowest BCUT2D eigenvalue weighted by Gasteiger charge is -2.18. The fourth-order valence-electron chi connectivity index (χ4n) is 2.12. The first kappa shape index (κ1) is 11.4. The van der Waals surface area contributed by atoms with E-state index in [-0.39, 0.29) is 18.6 Å². The van der Waals surface area contributed by atoms with Gasteiger partial charge in [0.05, 0.1) is 13.2 Å². The van der Waals surface area contributed by atoms with Gasteiger partial charge in [0.25, 0.3) is 0 Å². The molecular formula is C12H16O4. The van der Waals surface area contributed by atoms with Gasteiger partial charge < -0.3 is 19.7 Å². The Kier molecular flexibility index (Phi) is 3.43. The van der Waals surface area contributed by atoms with Crippen molar-refractivity contribution in [2.75, 3.05) is 13.7 Å². The highest BCUT2D eigenvalue weighted by Gasteiger charge is 2.36. The van der Waals surface area contributed by atoms with Crippen LogP contribution in [0.5, 0.6) is 5.75 Å². The summed E-state index contributed by atoms with van der Waals surface area (Å²) in [5.74, 6) is 0.645. The van der Waals surface area contributed by atoms with E-state index in [9.17, 15) is 10.2 Å². The molecule has 4 nitrogen and oxygen atoms in total. The van der Waals surface area contributed by atoms with Gasteiger partial charge in [0.2, 0.25) is 0 Å². The molecule has 3 atom stereocenters. The predicted molar refractivity (Wildman–Crippen MR) is 58.0 cm³/mol. The van der Waals surface area contributed by atoms with Crippen molar-refractivity contribution in [3.05, 3.63) is 29.8 Å². The van der Waals surface area contributed by atoms with E-state index >= 15 is 0 Å². The van der Waals surface area contributed by atoms with Crippen LogP contribution in [-0.2, 0) is 4.74 Å². The molecule has 4 heteroatoms. The summed E-state index contributed by atoms with van der Waals surface area (Å²) in [5.41, 5.74) is 0.876. The predicted octanol–water partition coefficient (Wildman–Crippen LogP) is 1.08. The van der Waals surface area contributed by atoms with Crippen molar-refractivity contribution in [3.63, 3.8) is 0 Å². The zero-order chi connectivity index (χ0) is 11.5. The van der Waals surface area contributed by atoms with E-state index in [1.54, 1.807) is 7.11 Å². The van der Waals surface area contributed by atoms with Crippen molar-refractivity contribution >= 4 is 0 Å². The Morgan fingerprint density at radius 3 is 2.88 bits per heavy atom. The summed E-state index contributed by atoms with van der Waals surface area (Å²) < 4.78 is 10.7. The lowest BCUT2D eigenvalue weighted by Crippen LogP contribution is -2.12. The van der Waals surface area contributed by atoms with Crippen LogP contribution in [0.15, 0.2) is 24.3 Å². The van der Waals surface area contributed by atoms with Crippen LogP contribution in [0.3, 0.4) is 0 Å². The monoisotopic (exact) mass is 224 g/mol. The smallest absolute Gasteiger partial charge is 0.155 e. The largest absolute Gasteiger partial charge is 0.496 e. The normalized spacial score (nSPS) is 29.3. The highest BCUT2D eigenvalue weighted by Crippen LogP contribution is 2.40. The molecule has 1 fully saturated rings. The van der Waals surface area contributed by atoms with Crippen LogP contribution < -0.4 is 4.74 Å². The Morgan fingerprint density at radius 2 is 2.19 bits per heavy atom. The third-order valence-electron chi connectivity index (χ3n) is 2.92. The molecule has 0 amide bonds. The molecule has 0 aliphatic carbocycles. The molecule has 1 aromatic rings. The lowest BCUT2D eigenvalue weighted by molar-refractivity contribution is -0.0946. The third-order valence-corrected chi connectivity index (χ3v) is 2.92. The number of aliphatic hydroxyl groups is 2. The van der Waals surface area contributed by atoms with Gasteiger partial charge in [-0.1, -0.05) is 18.2 Å². The molecule has 88 valence electrons. The quantitative estimate of drug-likeness (QED) is 0.806. The number of hydrogen-bond donors (Lipinski definition) is 2. The van der Waals surface area contributed by atoms with Gasteiger partial charge in [0.1, 0.15) is 5.75 Å². The van der Waals surface area contributed by atoms with Crippen LogP contribution in [0.25, 0.3) is 0 Å². The molecule has 1 saturated heterocycles. The molecule has 0 bridgehead atoms. The molecule has 2 rings (SSSR count). The Morgan fingerprint density at radius 1 is 1.44 bits per heavy atom. The topological polar surface area (TPSA) is 58.9 Å². The van der Waals surface area contributed by atoms with Gasteiger partial charge in [-0.2, -0.15) is 0 Å². The summed E-state index contributed by atoms with van der Waals surface area (Å²) in [7, 11) is 1.60. The number of rotatable bonds is 3. The van der Waals surface area contributed by atoms with Gasteiger partial charge in [0, 0.05) is 24.5 Å². The fourth-order valence-corrected chi connectivity index (χ4v) is 2.12. The Balaban J connectivity index is 2.28. The first-order valence-corrected chi connectivity index (χ1v) is 5.33. The molecule has 1 heterocycles. The average molecular weight is 224 g/mol. The SMILES string of the molecule is COc1ccccc1C1OC(O)CC1CO. The number of hydrogen-bond acceptors (Lipinski definition) is 4. The Bertz CT molecular complexity index is 353. The molecule has 0 radical (unpaired) electrons. The summed E-state index contributed by atoms with van der Waals surface area (Å²) in [6.07, 6.45) is -0.637. The molecule has 0 spiro atoms. The summed E-state index contributed by atoms with van der Waals surface area (Å²) >= 11 is 0. The van der Waals surface area contributed by atoms with Gasteiger partial charge in [-0.15, -0.1) is 0 Å². The van der Waals surface area contributed by atoms with Crippen LogP contribution in [0.4, 0.5) is 0 Å². The average Bonchev–Trinajstić information content (AvgIpc) is 2.70. The highest BCUT2D eigenvalue weighted by atomic mass is 16.6. The Hall–Kier alpha value is -1.10. The summed E-state index contributed by atoms with van der Waals surface area (Å²) in [5, 5.41) is 18.7. The zero-order valence-corrected chi connectivity index (χ0v) is 9.17. The summed E-state index contributed by atoms with van der Waals surface area (Å²) in [4.78, 5) is 0. The van der Waals surface area contributed by atoms with Gasteiger partial charge in [-0.05, 0) is 6.07 Å². The minimum atomic E-state index is -0.799. The van der Waals surface area contributed by atoms with Crippen LogP contribution >= 0.6 is 0 Å². The van der Waals surface area contributed by atoms with Crippen molar-refractivity contribution < 1.29 is 19.7 Å². The number of benzene rings is 1. The molecule has 1 aliphatic heterocycles. The number of methoxy groups -OCH3 is 1.